The van der Waals surface area contributed by atoms with Crippen LogP contribution in [0.1, 0.15) is 31.6 Å². The molecule has 0 aliphatic rings. The van der Waals surface area contributed by atoms with Gasteiger partial charge in [0, 0.05) is 18.2 Å². The van der Waals surface area contributed by atoms with Crippen molar-refractivity contribution >= 4 is 15.9 Å². The van der Waals surface area contributed by atoms with Gasteiger partial charge in [-0.25, -0.2) is 0 Å². The minimum absolute atomic E-state index is 0.211. The lowest BCUT2D eigenvalue weighted by molar-refractivity contribution is 0.185. The largest absolute Gasteiger partial charge is 0.387 e. The molecule has 0 aliphatic heterocycles. The lowest BCUT2D eigenvalue weighted by Crippen LogP contribution is -2.12. The fraction of sp³-hybridized carbons (Fsp3) is 0.625. The molecule has 0 spiro atoms. The molecular weight excluding hydrogens is 234 g/mol. The van der Waals surface area contributed by atoms with Gasteiger partial charge in [0.15, 0.2) is 0 Å². The number of hydrogen-bond acceptors (Lipinski definition) is 3. The van der Waals surface area contributed by atoms with E-state index in [1.807, 2.05) is 13.8 Å². The van der Waals surface area contributed by atoms with Gasteiger partial charge in [-0.1, -0.05) is 0 Å². The fourth-order valence-electron chi connectivity index (χ4n) is 1.07. The minimum atomic E-state index is -0.637. The molecule has 0 saturated heterocycles. The highest BCUT2D eigenvalue weighted by molar-refractivity contribution is 9.10. The molecule has 0 fully saturated rings. The third kappa shape index (κ3) is 2.10. The van der Waals surface area contributed by atoms with Gasteiger partial charge < -0.3 is 10.8 Å². The van der Waals surface area contributed by atoms with Crippen LogP contribution in [0.3, 0.4) is 0 Å². The van der Waals surface area contributed by atoms with Crippen molar-refractivity contribution < 1.29 is 5.11 Å². The summed E-state index contributed by atoms with van der Waals surface area (Å²) in [7, 11) is 0. The Morgan fingerprint density at radius 3 is 2.69 bits per heavy atom. The molecule has 0 bridgehead atoms. The number of halogens is 1. The van der Waals surface area contributed by atoms with Crippen molar-refractivity contribution in [3.8, 4) is 0 Å². The number of rotatable bonds is 3. The van der Waals surface area contributed by atoms with Gasteiger partial charge in [0.05, 0.1) is 12.3 Å². The van der Waals surface area contributed by atoms with E-state index in [0.717, 1.165) is 10.2 Å². The van der Waals surface area contributed by atoms with Gasteiger partial charge in [-0.3, -0.25) is 4.68 Å². The zero-order valence-electron chi connectivity index (χ0n) is 7.74. The van der Waals surface area contributed by atoms with Crippen LogP contribution in [0.15, 0.2) is 10.8 Å². The standard InChI is InChI=1S/C8H14BrN3O/c1-5(2)12-8(9)6(4-11-12)7(13)3-10/h4-5,7,13H,3,10H2,1-2H3. The first kappa shape index (κ1) is 10.7. The van der Waals surface area contributed by atoms with Gasteiger partial charge in [-0.05, 0) is 29.8 Å². The molecule has 4 nitrogen and oxygen atoms in total. The lowest BCUT2D eigenvalue weighted by Gasteiger charge is -2.09. The Balaban J connectivity index is 2.99. The minimum Gasteiger partial charge on any atom is -0.387 e. The average molecular weight is 248 g/mol. The molecular formula is C8H14BrN3O. The van der Waals surface area contributed by atoms with Crippen molar-refractivity contribution in [3.63, 3.8) is 0 Å². The van der Waals surface area contributed by atoms with Gasteiger partial charge in [0.1, 0.15) is 4.60 Å². The smallest absolute Gasteiger partial charge is 0.110 e. The topological polar surface area (TPSA) is 64.1 Å². The Morgan fingerprint density at radius 2 is 2.31 bits per heavy atom. The summed E-state index contributed by atoms with van der Waals surface area (Å²) in [6.07, 6.45) is 1.00. The molecule has 1 rings (SSSR count). The molecule has 0 aliphatic carbocycles. The van der Waals surface area contributed by atoms with Gasteiger partial charge in [-0.15, -0.1) is 0 Å². The van der Waals surface area contributed by atoms with Crippen molar-refractivity contribution in [1.82, 2.24) is 9.78 Å². The van der Waals surface area contributed by atoms with Crippen LogP contribution in [-0.2, 0) is 0 Å². The van der Waals surface area contributed by atoms with Crippen molar-refractivity contribution in [2.24, 2.45) is 5.73 Å². The van der Waals surface area contributed by atoms with Gasteiger partial charge in [-0.2, -0.15) is 5.10 Å². The van der Waals surface area contributed by atoms with Crippen molar-refractivity contribution in [2.75, 3.05) is 6.54 Å². The second-order valence-electron chi connectivity index (χ2n) is 3.18. The van der Waals surface area contributed by atoms with E-state index < -0.39 is 6.10 Å². The number of aliphatic hydroxyl groups is 1. The normalized spacial score (nSPS) is 13.7. The predicted molar refractivity (Wildman–Crippen MR) is 54.3 cm³/mol. The van der Waals surface area contributed by atoms with Gasteiger partial charge in [0.25, 0.3) is 0 Å². The molecule has 5 heteroatoms. The number of nitrogens with zero attached hydrogens (tertiary/aromatic N) is 2. The van der Waals surface area contributed by atoms with E-state index in [2.05, 4.69) is 21.0 Å². The average Bonchev–Trinajstić information content (AvgIpc) is 2.46. The maximum Gasteiger partial charge on any atom is 0.110 e. The van der Waals surface area contributed by atoms with E-state index in [1.165, 1.54) is 0 Å². The zero-order chi connectivity index (χ0) is 10.0. The first-order valence-corrected chi connectivity index (χ1v) is 4.98. The zero-order valence-corrected chi connectivity index (χ0v) is 9.32. The molecule has 13 heavy (non-hydrogen) atoms. The third-order valence-corrected chi connectivity index (χ3v) is 2.65. The van der Waals surface area contributed by atoms with E-state index in [1.54, 1.807) is 10.9 Å². The molecule has 1 aromatic rings. The highest BCUT2D eigenvalue weighted by atomic mass is 79.9. The SMILES string of the molecule is CC(C)n1ncc(C(O)CN)c1Br. The molecule has 1 heterocycles. The van der Waals surface area contributed by atoms with E-state index in [9.17, 15) is 5.11 Å². The lowest BCUT2D eigenvalue weighted by atomic mass is 10.2. The van der Waals surface area contributed by atoms with Crippen LogP contribution in [0.25, 0.3) is 0 Å². The molecule has 74 valence electrons. The second kappa shape index (κ2) is 4.21. The Morgan fingerprint density at radius 1 is 1.69 bits per heavy atom. The monoisotopic (exact) mass is 247 g/mol. The molecule has 1 atom stereocenters. The summed E-state index contributed by atoms with van der Waals surface area (Å²) in [6.45, 7) is 4.26. The fourth-order valence-corrected chi connectivity index (χ4v) is 1.94. The number of aliphatic hydroxyl groups excluding tert-OH is 1. The maximum atomic E-state index is 9.50. The third-order valence-electron chi connectivity index (χ3n) is 1.83. The van der Waals surface area contributed by atoms with Crippen LogP contribution in [0.4, 0.5) is 0 Å². The van der Waals surface area contributed by atoms with Crippen LogP contribution in [0.5, 0.6) is 0 Å². The van der Waals surface area contributed by atoms with Crippen LogP contribution in [0, 0.1) is 0 Å². The first-order valence-electron chi connectivity index (χ1n) is 4.19. The Bertz CT molecular complexity index is 285. The van der Waals surface area contributed by atoms with Crippen LogP contribution in [0.2, 0.25) is 0 Å². The van der Waals surface area contributed by atoms with Crippen LogP contribution >= 0.6 is 15.9 Å². The number of nitrogens with two attached hydrogens (primary N) is 1. The quantitative estimate of drug-likeness (QED) is 0.845. The Kier molecular flexibility index (Phi) is 3.47. The summed E-state index contributed by atoms with van der Waals surface area (Å²) in [6, 6.07) is 0.271. The molecule has 0 radical (unpaired) electrons. The summed E-state index contributed by atoms with van der Waals surface area (Å²) in [5.74, 6) is 0. The first-order chi connectivity index (χ1) is 6.07. The molecule has 0 amide bonds. The Hall–Kier alpha value is -0.390. The van der Waals surface area contributed by atoms with Crippen molar-refractivity contribution in [3.05, 3.63) is 16.4 Å². The summed E-state index contributed by atoms with van der Waals surface area (Å²) in [4.78, 5) is 0. The summed E-state index contributed by atoms with van der Waals surface area (Å²) in [5.41, 5.74) is 6.10. The molecule has 1 aromatic heterocycles. The summed E-state index contributed by atoms with van der Waals surface area (Å²) in [5, 5.41) is 13.6. The van der Waals surface area contributed by atoms with Gasteiger partial charge in [0.2, 0.25) is 0 Å². The predicted octanol–water partition coefficient (Wildman–Crippen LogP) is 1.22. The molecule has 0 saturated carbocycles. The Labute approximate surface area is 85.9 Å². The second-order valence-corrected chi connectivity index (χ2v) is 3.93. The van der Waals surface area contributed by atoms with Crippen LogP contribution in [-0.4, -0.2) is 21.4 Å². The van der Waals surface area contributed by atoms with E-state index in [0.29, 0.717) is 0 Å². The molecule has 1 unspecified atom stereocenters. The number of aromatic nitrogens is 2. The molecule has 3 N–H and O–H groups in total. The van der Waals surface area contributed by atoms with Crippen molar-refractivity contribution in [1.29, 1.82) is 0 Å². The van der Waals surface area contributed by atoms with Crippen LogP contribution < -0.4 is 5.73 Å². The van der Waals surface area contributed by atoms with Gasteiger partial charge >= 0.3 is 0 Å². The van der Waals surface area contributed by atoms with E-state index in [-0.39, 0.29) is 12.6 Å². The maximum absolute atomic E-state index is 9.50. The summed E-state index contributed by atoms with van der Waals surface area (Å²) < 4.78 is 2.61. The summed E-state index contributed by atoms with van der Waals surface area (Å²) >= 11 is 3.38. The van der Waals surface area contributed by atoms with E-state index >= 15 is 0 Å². The highest BCUT2D eigenvalue weighted by Gasteiger charge is 2.15. The molecule has 0 aromatic carbocycles. The van der Waals surface area contributed by atoms with E-state index in [4.69, 9.17) is 5.73 Å². The van der Waals surface area contributed by atoms with Crippen molar-refractivity contribution in [2.45, 2.75) is 26.0 Å². The highest BCUT2D eigenvalue weighted by Crippen LogP contribution is 2.24. The number of hydrogen-bond donors (Lipinski definition) is 2.